The zero-order valence-corrected chi connectivity index (χ0v) is 18.5. The number of rotatable bonds is 5. The van der Waals surface area contributed by atoms with Gasteiger partial charge in [0.2, 0.25) is 15.9 Å². The van der Waals surface area contributed by atoms with Gasteiger partial charge in [-0.1, -0.05) is 36.4 Å². The lowest BCUT2D eigenvalue weighted by molar-refractivity contribution is -0.120. The summed E-state index contributed by atoms with van der Waals surface area (Å²) in [5, 5.41) is 5.02. The summed E-state index contributed by atoms with van der Waals surface area (Å²) in [5.41, 5.74) is 1.50. The first-order valence-electron chi connectivity index (χ1n) is 10.3. The number of fused-ring (bicyclic) bond motifs is 1. The maximum atomic E-state index is 13.2. The number of benzene rings is 3. The van der Waals surface area contributed by atoms with Gasteiger partial charge in [-0.15, -0.1) is 0 Å². The maximum Gasteiger partial charge on any atom is 0.243 e. The SMILES string of the molecule is COc1ccc(S(=O)(=O)N2CCC[C@@H](C(=O)Nc3cccc4ccccc34)C2)cc1C. The van der Waals surface area contributed by atoms with Crippen molar-refractivity contribution in [3.05, 3.63) is 66.2 Å². The van der Waals surface area contributed by atoms with Crippen molar-refractivity contribution in [2.24, 2.45) is 5.92 Å². The summed E-state index contributed by atoms with van der Waals surface area (Å²) in [4.78, 5) is 13.2. The maximum absolute atomic E-state index is 13.2. The van der Waals surface area contributed by atoms with E-state index in [1.165, 1.54) is 4.31 Å². The third kappa shape index (κ3) is 4.29. The number of methoxy groups -OCH3 is 1. The van der Waals surface area contributed by atoms with Gasteiger partial charge >= 0.3 is 0 Å². The molecule has 1 atom stereocenters. The minimum Gasteiger partial charge on any atom is -0.496 e. The number of ether oxygens (including phenoxy) is 1. The smallest absolute Gasteiger partial charge is 0.243 e. The van der Waals surface area contributed by atoms with Crippen LogP contribution in [0.2, 0.25) is 0 Å². The fourth-order valence-electron chi connectivity index (χ4n) is 4.10. The van der Waals surface area contributed by atoms with E-state index in [1.807, 2.05) is 49.4 Å². The topological polar surface area (TPSA) is 75.7 Å². The molecule has 162 valence electrons. The van der Waals surface area contributed by atoms with Gasteiger partial charge in [-0.2, -0.15) is 4.31 Å². The second-order valence-corrected chi connectivity index (χ2v) is 9.79. The third-order valence-electron chi connectivity index (χ3n) is 5.81. The summed E-state index contributed by atoms with van der Waals surface area (Å²) in [6.45, 7) is 2.39. The molecule has 4 rings (SSSR count). The molecule has 6 nitrogen and oxygen atoms in total. The van der Waals surface area contributed by atoms with Crippen LogP contribution in [0.4, 0.5) is 5.69 Å². The van der Waals surface area contributed by atoms with E-state index in [2.05, 4.69) is 5.32 Å². The highest BCUT2D eigenvalue weighted by Gasteiger charge is 2.33. The Morgan fingerprint density at radius 1 is 1.10 bits per heavy atom. The zero-order valence-electron chi connectivity index (χ0n) is 17.7. The van der Waals surface area contributed by atoms with Crippen molar-refractivity contribution in [2.75, 3.05) is 25.5 Å². The number of hydrogen-bond donors (Lipinski definition) is 1. The van der Waals surface area contributed by atoms with Crippen molar-refractivity contribution >= 4 is 32.4 Å². The highest BCUT2D eigenvalue weighted by atomic mass is 32.2. The summed E-state index contributed by atoms with van der Waals surface area (Å²) >= 11 is 0. The largest absolute Gasteiger partial charge is 0.496 e. The molecule has 0 aliphatic carbocycles. The predicted octanol–water partition coefficient (Wildman–Crippen LogP) is 4.20. The average molecular weight is 439 g/mol. The molecule has 1 heterocycles. The van der Waals surface area contributed by atoms with Crippen molar-refractivity contribution in [1.82, 2.24) is 4.31 Å². The summed E-state index contributed by atoms with van der Waals surface area (Å²) in [7, 11) is -2.13. The van der Waals surface area contributed by atoms with Crippen molar-refractivity contribution in [2.45, 2.75) is 24.7 Å². The van der Waals surface area contributed by atoms with Crippen LogP contribution in [0.15, 0.2) is 65.6 Å². The van der Waals surface area contributed by atoms with Gasteiger partial charge in [0.05, 0.1) is 17.9 Å². The number of nitrogens with one attached hydrogen (secondary N) is 1. The number of carbonyl (C=O) groups is 1. The second-order valence-electron chi connectivity index (χ2n) is 7.85. The molecule has 0 radical (unpaired) electrons. The number of amides is 1. The van der Waals surface area contributed by atoms with E-state index < -0.39 is 15.9 Å². The Labute approximate surface area is 182 Å². The minimum atomic E-state index is -3.69. The van der Waals surface area contributed by atoms with Gasteiger partial charge in [-0.05, 0) is 55.0 Å². The van der Waals surface area contributed by atoms with Crippen LogP contribution in [0.3, 0.4) is 0 Å². The zero-order chi connectivity index (χ0) is 22.0. The monoisotopic (exact) mass is 438 g/mol. The van der Waals surface area contributed by atoms with Crippen LogP contribution in [0.25, 0.3) is 10.8 Å². The molecule has 0 saturated carbocycles. The number of anilines is 1. The molecule has 0 unspecified atom stereocenters. The third-order valence-corrected chi connectivity index (χ3v) is 7.67. The van der Waals surface area contributed by atoms with E-state index in [0.717, 1.165) is 22.0 Å². The summed E-state index contributed by atoms with van der Waals surface area (Å²) in [6, 6.07) is 18.5. The first-order chi connectivity index (χ1) is 14.9. The van der Waals surface area contributed by atoms with Gasteiger partial charge < -0.3 is 10.1 Å². The molecule has 0 aromatic heterocycles. The molecule has 0 bridgehead atoms. The van der Waals surface area contributed by atoms with E-state index in [9.17, 15) is 13.2 Å². The number of nitrogens with zero attached hydrogens (tertiary/aromatic N) is 1. The Morgan fingerprint density at radius 3 is 2.65 bits per heavy atom. The minimum absolute atomic E-state index is 0.151. The van der Waals surface area contributed by atoms with E-state index in [-0.39, 0.29) is 17.3 Å². The molecular formula is C24H26N2O4S. The quantitative estimate of drug-likeness (QED) is 0.648. The molecular weight excluding hydrogens is 412 g/mol. The highest BCUT2D eigenvalue weighted by molar-refractivity contribution is 7.89. The average Bonchev–Trinajstić information content (AvgIpc) is 2.79. The molecule has 1 fully saturated rings. The first kappa shape index (κ1) is 21.3. The summed E-state index contributed by atoms with van der Waals surface area (Å²) in [6.07, 6.45) is 1.30. The van der Waals surface area contributed by atoms with E-state index in [1.54, 1.807) is 25.3 Å². The standard InChI is InChI=1S/C24H26N2O4S/c1-17-15-20(12-13-23(17)30-2)31(28,29)26-14-6-9-19(16-26)24(27)25-22-11-5-8-18-7-3-4-10-21(18)22/h3-5,7-8,10-13,15,19H,6,9,14,16H2,1-2H3,(H,25,27)/t19-/m1/s1. The number of piperidine rings is 1. The number of carbonyl (C=O) groups excluding carboxylic acids is 1. The summed E-state index contributed by atoms with van der Waals surface area (Å²) < 4.78 is 33.0. The Bertz CT molecular complexity index is 1220. The lowest BCUT2D eigenvalue weighted by Gasteiger charge is -2.31. The molecule has 7 heteroatoms. The second kappa shape index (κ2) is 8.69. The van der Waals surface area contributed by atoms with Gasteiger partial charge in [0.1, 0.15) is 5.75 Å². The Hall–Kier alpha value is -2.90. The van der Waals surface area contributed by atoms with E-state index in [4.69, 9.17) is 4.74 Å². The fourth-order valence-corrected chi connectivity index (χ4v) is 5.71. The number of hydrogen-bond acceptors (Lipinski definition) is 4. The molecule has 1 aliphatic rings. The molecule has 1 amide bonds. The molecule has 3 aromatic carbocycles. The first-order valence-corrected chi connectivity index (χ1v) is 11.8. The highest BCUT2D eigenvalue weighted by Crippen LogP contribution is 2.29. The van der Waals surface area contributed by atoms with E-state index >= 15 is 0 Å². The van der Waals surface area contributed by atoms with Gasteiger partial charge in [0.25, 0.3) is 0 Å². The number of sulfonamides is 1. The van der Waals surface area contributed by atoms with Crippen molar-refractivity contribution in [1.29, 1.82) is 0 Å². The Kier molecular flexibility index (Phi) is 5.98. The normalized spacial score (nSPS) is 17.4. The van der Waals surface area contributed by atoms with Crippen LogP contribution in [0.1, 0.15) is 18.4 Å². The molecule has 31 heavy (non-hydrogen) atoms. The molecule has 1 aliphatic heterocycles. The van der Waals surface area contributed by atoms with Crippen LogP contribution in [-0.2, 0) is 14.8 Å². The van der Waals surface area contributed by atoms with Crippen LogP contribution in [0.5, 0.6) is 5.75 Å². The van der Waals surface area contributed by atoms with Crippen LogP contribution in [-0.4, -0.2) is 38.8 Å². The summed E-state index contributed by atoms with van der Waals surface area (Å²) in [5.74, 6) is 0.0916. The van der Waals surface area contributed by atoms with E-state index in [0.29, 0.717) is 25.1 Å². The molecule has 3 aromatic rings. The Balaban J connectivity index is 1.52. The van der Waals surface area contributed by atoms with Crippen molar-refractivity contribution in [3.8, 4) is 5.75 Å². The predicted molar refractivity (Wildman–Crippen MR) is 122 cm³/mol. The van der Waals surface area contributed by atoms with Crippen LogP contribution >= 0.6 is 0 Å². The van der Waals surface area contributed by atoms with Crippen molar-refractivity contribution < 1.29 is 17.9 Å². The molecule has 1 N–H and O–H groups in total. The van der Waals surface area contributed by atoms with Gasteiger partial charge in [-0.25, -0.2) is 8.42 Å². The lowest BCUT2D eigenvalue weighted by atomic mass is 9.98. The molecule has 1 saturated heterocycles. The Morgan fingerprint density at radius 2 is 1.87 bits per heavy atom. The van der Waals surface area contributed by atoms with Crippen LogP contribution in [0, 0.1) is 12.8 Å². The van der Waals surface area contributed by atoms with Gasteiger partial charge in [-0.3, -0.25) is 4.79 Å². The van der Waals surface area contributed by atoms with Gasteiger partial charge in [0.15, 0.2) is 0 Å². The van der Waals surface area contributed by atoms with Gasteiger partial charge in [0, 0.05) is 24.2 Å². The van der Waals surface area contributed by atoms with Crippen LogP contribution < -0.4 is 10.1 Å². The van der Waals surface area contributed by atoms with Crippen molar-refractivity contribution in [3.63, 3.8) is 0 Å². The number of aryl methyl sites for hydroxylation is 1. The molecule has 0 spiro atoms. The fraction of sp³-hybridized carbons (Fsp3) is 0.292. The lowest BCUT2D eigenvalue weighted by Crippen LogP contribution is -2.43.